The Morgan fingerprint density at radius 1 is 1.26 bits per heavy atom. The molecule has 1 rings (SSSR count). The molecule has 3 heteroatoms. The van der Waals surface area contributed by atoms with E-state index in [1.807, 2.05) is 20.8 Å². The summed E-state index contributed by atoms with van der Waals surface area (Å²) in [5.74, 6) is 0.780. The molecule has 0 heterocycles. The van der Waals surface area contributed by atoms with Crippen LogP contribution in [-0.4, -0.2) is 29.4 Å². The molecule has 3 nitrogen and oxygen atoms in total. The van der Waals surface area contributed by atoms with Crippen molar-refractivity contribution in [3.05, 3.63) is 0 Å². The highest BCUT2D eigenvalue weighted by Crippen LogP contribution is 2.27. The number of nitrogens with zero attached hydrogens (tertiary/aromatic N) is 1. The van der Waals surface area contributed by atoms with Crippen molar-refractivity contribution in [2.24, 2.45) is 17.1 Å². The molecular formula is C16H32N2O. The number of hydrogen-bond donors (Lipinski definition) is 1. The number of amides is 1. The molecule has 0 spiro atoms. The molecule has 0 saturated heterocycles. The molecule has 0 bridgehead atoms. The Morgan fingerprint density at radius 2 is 1.79 bits per heavy atom. The summed E-state index contributed by atoms with van der Waals surface area (Å²) < 4.78 is 0. The maximum atomic E-state index is 12.7. The van der Waals surface area contributed by atoms with Gasteiger partial charge in [0.15, 0.2) is 0 Å². The molecule has 0 aliphatic heterocycles. The van der Waals surface area contributed by atoms with Crippen LogP contribution in [0.25, 0.3) is 0 Å². The van der Waals surface area contributed by atoms with Gasteiger partial charge in [-0.2, -0.15) is 0 Å². The summed E-state index contributed by atoms with van der Waals surface area (Å²) in [6, 6.07) is 0.0416. The second-order valence-corrected chi connectivity index (χ2v) is 7.50. The van der Waals surface area contributed by atoms with E-state index >= 15 is 0 Å². The molecule has 0 radical (unpaired) electrons. The Labute approximate surface area is 118 Å². The number of rotatable bonds is 5. The highest BCUT2D eigenvalue weighted by Gasteiger charge is 2.34. The van der Waals surface area contributed by atoms with E-state index in [2.05, 4.69) is 18.7 Å². The van der Waals surface area contributed by atoms with Crippen LogP contribution in [0.1, 0.15) is 66.7 Å². The molecule has 0 unspecified atom stereocenters. The first-order chi connectivity index (χ1) is 8.73. The van der Waals surface area contributed by atoms with Gasteiger partial charge in [-0.3, -0.25) is 4.79 Å². The van der Waals surface area contributed by atoms with Crippen molar-refractivity contribution in [1.82, 2.24) is 4.90 Å². The maximum absolute atomic E-state index is 12.7. The van der Waals surface area contributed by atoms with Crippen molar-refractivity contribution in [1.29, 1.82) is 0 Å². The third-order valence-electron chi connectivity index (χ3n) is 4.19. The lowest BCUT2D eigenvalue weighted by Gasteiger charge is -2.36. The van der Waals surface area contributed by atoms with Gasteiger partial charge in [-0.05, 0) is 30.6 Å². The first-order valence-corrected chi connectivity index (χ1v) is 7.79. The Balaban J connectivity index is 2.74. The van der Waals surface area contributed by atoms with Crippen LogP contribution in [-0.2, 0) is 4.79 Å². The summed E-state index contributed by atoms with van der Waals surface area (Å²) in [4.78, 5) is 14.8. The number of carbonyl (C=O) groups is 1. The average Bonchev–Trinajstić information content (AvgIpc) is 2.80. The zero-order valence-electron chi connectivity index (χ0n) is 13.4. The number of carbonyl (C=O) groups excluding carboxylic acids is 1. The van der Waals surface area contributed by atoms with Crippen LogP contribution in [0.5, 0.6) is 0 Å². The van der Waals surface area contributed by atoms with Gasteiger partial charge in [0, 0.05) is 12.6 Å². The van der Waals surface area contributed by atoms with Gasteiger partial charge in [-0.25, -0.2) is 0 Å². The van der Waals surface area contributed by atoms with Crippen LogP contribution in [0, 0.1) is 11.3 Å². The molecule has 1 aliphatic carbocycles. The van der Waals surface area contributed by atoms with E-state index in [9.17, 15) is 4.79 Å². The molecule has 1 aliphatic rings. The van der Waals surface area contributed by atoms with E-state index in [4.69, 9.17) is 5.73 Å². The van der Waals surface area contributed by atoms with E-state index in [1.165, 1.54) is 12.8 Å². The summed E-state index contributed by atoms with van der Waals surface area (Å²) in [6.45, 7) is 11.4. The minimum Gasteiger partial charge on any atom is -0.338 e. The second-order valence-electron chi connectivity index (χ2n) is 7.50. The van der Waals surface area contributed by atoms with Gasteiger partial charge in [0.1, 0.15) is 0 Å². The maximum Gasteiger partial charge on any atom is 0.240 e. The third-order valence-corrected chi connectivity index (χ3v) is 4.19. The lowest BCUT2D eigenvalue weighted by atomic mass is 9.86. The van der Waals surface area contributed by atoms with Crippen LogP contribution in [0.15, 0.2) is 0 Å². The molecule has 0 aromatic rings. The molecule has 19 heavy (non-hydrogen) atoms. The second kappa shape index (κ2) is 6.74. The Bertz CT molecular complexity index is 288. The van der Waals surface area contributed by atoms with E-state index in [0.717, 1.165) is 25.8 Å². The Morgan fingerprint density at radius 3 is 2.21 bits per heavy atom. The Kier molecular flexibility index (Phi) is 5.84. The highest BCUT2D eigenvalue weighted by molar-refractivity contribution is 5.82. The van der Waals surface area contributed by atoms with Gasteiger partial charge >= 0.3 is 0 Å². The van der Waals surface area contributed by atoms with Gasteiger partial charge in [-0.15, -0.1) is 0 Å². The molecule has 1 atom stereocenters. The fourth-order valence-corrected chi connectivity index (χ4v) is 2.64. The smallest absolute Gasteiger partial charge is 0.240 e. The minimum absolute atomic E-state index is 0.153. The van der Waals surface area contributed by atoms with E-state index in [1.54, 1.807) is 0 Å². The molecule has 0 aromatic carbocycles. The van der Waals surface area contributed by atoms with Crippen molar-refractivity contribution in [2.75, 3.05) is 6.54 Å². The zero-order chi connectivity index (χ0) is 14.6. The van der Waals surface area contributed by atoms with Crippen LogP contribution < -0.4 is 5.73 Å². The SMILES string of the molecule is CC(C)CCN(C(=O)[C@@H](N)C(C)(C)C)C1CCCC1. The summed E-state index contributed by atoms with van der Waals surface area (Å²) in [5, 5.41) is 0. The van der Waals surface area contributed by atoms with E-state index in [0.29, 0.717) is 12.0 Å². The van der Waals surface area contributed by atoms with Crippen molar-refractivity contribution in [3.63, 3.8) is 0 Å². The average molecular weight is 268 g/mol. The predicted octanol–water partition coefficient (Wildman–Crippen LogP) is 3.18. The first-order valence-electron chi connectivity index (χ1n) is 7.79. The van der Waals surface area contributed by atoms with Crippen molar-refractivity contribution in [3.8, 4) is 0 Å². The normalized spacial score (nSPS) is 18.9. The summed E-state index contributed by atoms with van der Waals surface area (Å²) in [7, 11) is 0. The van der Waals surface area contributed by atoms with E-state index in [-0.39, 0.29) is 17.4 Å². The van der Waals surface area contributed by atoms with Gasteiger partial charge < -0.3 is 10.6 Å². The molecule has 2 N–H and O–H groups in total. The largest absolute Gasteiger partial charge is 0.338 e. The fraction of sp³-hybridized carbons (Fsp3) is 0.938. The zero-order valence-corrected chi connectivity index (χ0v) is 13.4. The van der Waals surface area contributed by atoms with Crippen LogP contribution in [0.2, 0.25) is 0 Å². The standard InChI is InChI=1S/C16H32N2O/c1-12(2)10-11-18(13-8-6-7-9-13)15(19)14(17)16(3,4)5/h12-14H,6-11,17H2,1-5H3/t14-/m1/s1. The molecular weight excluding hydrogens is 236 g/mol. The lowest BCUT2D eigenvalue weighted by molar-refractivity contribution is -0.137. The van der Waals surface area contributed by atoms with Gasteiger partial charge in [0.2, 0.25) is 5.91 Å². The quantitative estimate of drug-likeness (QED) is 0.832. The fourth-order valence-electron chi connectivity index (χ4n) is 2.64. The van der Waals surface area contributed by atoms with Crippen molar-refractivity contribution < 1.29 is 4.79 Å². The molecule has 112 valence electrons. The highest BCUT2D eigenvalue weighted by atomic mass is 16.2. The van der Waals surface area contributed by atoms with E-state index < -0.39 is 0 Å². The van der Waals surface area contributed by atoms with Crippen molar-refractivity contribution in [2.45, 2.75) is 78.8 Å². The first kappa shape index (κ1) is 16.5. The third kappa shape index (κ3) is 4.79. The summed E-state index contributed by atoms with van der Waals surface area (Å²) in [5.41, 5.74) is 6.02. The predicted molar refractivity (Wildman–Crippen MR) is 80.9 cm³/mol. The molecule has 1 fully saturated rings. The topological polar surface area (TPSA) is 46.3 Å². The van der Waals surface area contributed by atoms with Gasteiger partial charge in [0.05, 0.1) is 6.04 Å². The minimum atomic E-state index is -0.389. The van der Waals surface area contributed by atoms with Crippen LogP contribution >= 0.6 is 0 Å². The molecule has 1 saturated carbocycles. The number of hydrogen-bond acceptors (Lipinski definition) is 2. The molecule has 1 amide bonds. The molecule has 0 aromatic heterocycles. The monoisotopic (exact) mass is 268 g/mol. The lowest BCUT2D eigenvalue weighted by Crippen LogP contribution is -2.53. The van der Waals surface area contributed by atoms with Gasteiger partial charge in [-0.1, -0.05) is 47.5 Å². The van der Waals surface area contributed by atoms with Crippen LogP contribution in [0.4, 0.5) is 0 Å². The Hall–Kier alpha value is -0.570. The van der Waals surface area contributed by atoms with Gasteiger partial charge in [0.25, 0.3) is 0 Å². The summed E-state index contributed by atoms with van der Waals surface area (Å²) >= 11 is 0. The number of nitrogens with two attached hydrogens (primary N) is 1. The van der Waals surface area contributed by atoms with Crippen LogP contribution in [0.3, 0.4) is 0 Å². The summed E-state index contributed by atoms with van der Waals surface area (Å²) in [6.07, 6.45) is 5.88. The van der Waals surface area contributed by atoms with Crippen molar-refractivity contribution >= 4 is 5.91 Å².